The second kappa shape index (κ2) is 6.40. The number of hydrogen-bond donors (Lipinski definition) is 3. The predicted molar refractivity (Wildman–Crippen MR) is 80.7 cm³/mol. The zero-order valence-electron chi connectivity index (χ0n) is 11.3. The Morgan fingerprint density at radius 1 is 1.52 bits per heavy atom. The van der Waals surface area contributed by atoms with Gasteiger partial charge in [-0.05, 0) is 25.1 Å². The zero-order chi connectivity index (χ0) is 15.4. The Bertz CT molecular complexity index is 697. The van der Waals surface area contributed by atoms with E-state index >= 15 is 0 Å². The molecular weight excluding hydrogens is 340 g/mol. The molecule has 0 saturated carbocycles. The van der Waals surface area contributed by atoms with Crippen molar-refractivity contribution in [2.75, 3.05) is 7.11 Å². The van der Waals surface area contributed by atoms with E-state index in [4.69, 9.17) is 4.74 Å². The van der Waals surface area contributed by atoms with Crippen LogP contribution in [-0.2, 0) is 0 Å². The molecule has 0 radical (unpaired) electrons. The number of benzene rings is 1. The van der Waals surface area contributed by atoms with Crippen LogP contribution in [-0.4, -0.2) is 34.5 Å². The summed E-state index contributed by atoms with van der Waals surface area (Å²) < 4.78 is 5.74. The molecule has 1 amide bonds. The average molecular weight is 353 g/mol. The Morgan fingerprint density at radius 3 is 2.90 bits per heavy atom. The van der Waals surface area contributed by atoms with Crippen molar-refractivity contribution in [3.63, 3.8) is 0 Å². The standard InChI is InChI=1S/C13H13BrN4O3/c1-7-3-10(17-16-7)13(20)18-15-6-8-4-9(14)5-11(21-2)12(8)19/h3-6,19H,1-2H3,(H,16,17)(H,18,20)/b15-6+. The third-order valence-corrected chi connectivity index (χ3v) is 3.06. The number of carbonyl (C=O) groups is 1. The third-order valence-electron chi connectivity index (χ3n) is 2.60. The van der Waals surface area contributed by atoms with Crippen molar-refractivity contribution in [2.24, 2.45) is 5.10 Å². The molecule has 0 spiro atoms. The second-order valence-electron chi connectivity index (χ2n) is 4.18. The van der Waals surface area contributed by atoms with E-state index in [0.29, 0.717) is 15.8 Å². The number of hydrazone groups is 1. The van der Waals surface area contributed by atoms with Crippen LogP contribution in [0.1, 0.15) is 21.7 Å². The normalized spacial score (nSPS) is 10.8. The minimum absolute atomic E-state index is 0.0608. The fraction of sp³-hybridized carbons (Fsp3) is 0.154. The maximum Gasteiger partial charge on any atom is 0.291 e. The van der Waals surface area contributed by atoms with E-state index in [1.807, 2.05) is 0 Å². The van der Waals surface area contributed by atoms with Crippen molar-refractivity contribution < 1.29 is 14.6 Å². The Kier molecular flexibility index (Phi) is 4.59. The molecule has 2 rings (SSSR count). The highest BCUT2D eigenvalue weighted by Crippen LogP contribution is 2.32. The van der Waals surface area contributed by atoms with Crippen LogP contribution in [0.5, 0.6) is 11.5 Å². The van der Waals surface area contributed by atoms with Crippen LogP contribution in [0.4, 0.5) is 0 Å². The van der Waals surface area contributed by atoms with E-state index in [2.05, 4.69) is 36.7 Å². The molecule has 0 saturated heterocycles. The largest absolute Gasteiger partial charge is 0.504 e. The van der Waals surface area contributed by atoms with Crippen molar-refractivity contribution in [1.29, 1.82) is 0 Å². The number of aryl methyl sites for hydroxylation is 1. The second-order valence-corrected chi connectivity index (χ2v) is 5.10. The zero-order valence-corrected chi connectivity index (χ0v) is 12.9. The molecule has 0 aliphatic carbocycles. The topological polar surface area (TPSA) is 99.6 Å². The van der Waals surface area contributed by atoms with Gasteiger partial charge in [0.05, 0.1) is 13.3 Å². The van der Waals surface area contributed by atoms with Crippen LogP contribution in [0.25, 0.3) is 0 Å². The van der Waals surface area contributed by atoms with Gasteiger partial charge in [0.15, 0.2) is 17.2 Å². The first kappa shape index (κ1) is 15.0. The Labute approximate surface area is 129 Å². The SMILES string of the molecule is COc1cc(Br)cc(/C=N/NC(=O)c2cc(C)[nH]n2)c1O. The van der Waals surface area contributed by atoms with Crippen LogP contribution >= 0.6 is 15.9 Å². The number of H-pyrrole nitrogens is 1. The highest BCUT2D eigenvalue weighted by molar-refractivity contribution is 9.10. The summed E-state index contributed by atoms with van der Waals surface area (Å²) in [4.78, 5) is 11.7. The van der Waals surface area contributed by atoms with Gasteiger partial charge in [0, 0.05) is 15.7 Å². The van der Waals surface area contributed by atoms with Crippen molar-refractivity contribution in [2.45, 2.75) is 6.92 Å². The number of ether oxygens (including phenoxy) is 1. The monoisotopic (exact) mass is 352 g/mol. The molecule has 0 atom stereocenters. The van der Waals surface area contributed by atoms with E-state index < -0.39 is 5.91 Å². The summed E-state index contributed by atoms with van der Waals surface area (Å²) in [5.41, 5.74) is 3.74. The molecular formula is C13H13BrN4O3. The van der Waals surface area contributed by atoms with Crippen LogP contribution in [0, 0.1) is 6.92 Å². The van der Waals surface area contributed by atoms with Gasteiger partial charge in [0.25, 0.3) is 5.91 Å². The molecule has 1 aromatic carbocycles. The van der Waals surface area contributed by atoms with Gasteiger partial charge in [-0.1, -0.05) is 15.9 Å². The van der Waals surface area contributed by atoms with E-state index in [9.17, 15) is 9.90 Å². The number of halogens is 1. The first-order valence-corrected chi connectivity index (χ1v) is 6.72. The molecule has 8 heteroatoms. The summed E-state index contributed by atoms with van der Waals surface area (Å²) >= 11 is 3.29. The Balaban J connectivity index is 2.11. The number of nitrogens with zero attached hydrogens (tertiary/aromatic N) is 2. The van der Waals surface area contributed by atoms with E-state index in [0.717, 1.165) is 5.69 Å². The van der Waals surface area contributed by atoms with Gasteiger partial charge in [0.1, 0.15) is 0 Å². The van der Waals surface area contributed by atoms with Crippen LogP contribution in [0.15, 0.2) is 27.8 Å². The van der Waals surface area contributed by atoms with Crippen molar-refractivity contribution in [3.8, 4) is 11.5 Å². The van der Waals surface area contributed by atoms with Crippen LogP contribution < -0.4 is 10.2 Å². The molecule has 0 fully saturated rings. The molecule has 3 N–H and O–H groups in total. The van der Waals surface area contributed by atoms with Gasteiger partial charge in [0.2, 0.25) is 0 Å². The lowest BCUT2D eigenvalue weighted by Crippen LogP contribution is -2.18. The maximum absolute atomic E-state index is 11.7. The molecule has 1 heterocycles. The number of methoxy groups -OCH3 is 1. The number of aromatic nitrogens is 2. The number of hydrogen-bond acceptors (Lipinski definition) is 5. The van der Waals surface area contributed by atoms with Gasteiger partial charge in [-0.15, -0.1) is 0 Å². The van der Waals surface area contributed by atoms with Crippen LogP contribution in [0.2, 0.25) is 0 Å². The Morgan fingerprint density at radius 2 is 2.29 bits per heavy atom. The average Bonchev–Trinajstić information content (AvgIpc) is 2.88. The minimum Gasteiger partial charge on any atom is -0.504 e. The first-order chi connectivity index (χ1) is 10.0. The number of carbonyl (C=O) groups excluding carboxylic acids is 1. The quantitative estimate of drug-likeness (QED) is 0.578. The lowest BCUT2D eigenvalue weighted by Gasteiger charge is -2.06. The molecule has 0 bridgehead atoms. The smallest absolute Gasteiger partial charge is 0.291 e. The van der Waals surface area contributed by atoms with Gasteiger partial charge in [-0.3, -0.25) is 9.89 Å². The highest BCUT2D eigenvalue weighted by atomic mass is 79.9. The highest BCUT2D eigenvalue weighted by Gasteiger charge is 2.10. The van der Waals surface area contributed by atoms with Gasteiger partial charge < -0.3 is 9.84 Å². The lowest BCUT2D eigenvalue weighted by atomic mass is 10.2. The summed E-state index contributed by atoms with van der Waals surface area (Å²) in [5.74, 6) is -0.202. The predicted octanol–water partition coefficient (Wildman–Crippen LogP) is 1.96. The van der Waals surface area contributed by atoms with E-state index in [1.54, 1.807) is 25.1 Å². The first-order valence-electron chi connectivity index (χ1n) is 5.93. The molecule has 0 aliphatic heterocycles. The minimum atomic E-state index is -0.447. The van der Waals surface area contributed by atoms with Gasteiger partial charge in [-0.2, -0.15) is 10.2 Å². The molecule has 21 heavy (non-hydrogen) atoms. The van der Waals surface area contributed by atoms with Crippen molar-refractivity contribution in [3.05, 3.63) is 39.6 Å². The summed E-state index contributed by atoms with van der Waals surface area (Å²) in [6.45, 7) is 1.79. The summed E-state index contributed by atoms with van der Waals surface area (Å²) in [5, 5.41) is 20.2. The Hall–Kier alpha value is -2.35. The van der Waals surface area contributed by atoms with Crippen molar-refractivity contribution >= 4 is 28.1 Å². The molecule has 0 unspecified atom stereocenters. The fourth-order valence-electron chi connectivity index (χ4n) is 1.60. The summed E-state index contributed by atoms with van der Waals surface area (Å²) in [7, 11) is 1.45. The lowest BCUT2D eigenvalue weighted by molar-refractivity contribution is 0.0950. The number of phenols is 1. The number of amides is 1. The van der Waals surface area contributed by atoms with Crippen molar-refractivity contribution in [1.82, 2.24) is 15.6 Å². The number of phenolic OH excluding ortho intramolecular Hbond substituents is 1. The van der Waals surface area contributed by atoms with E-state index in [1.165, 1.54) is 13.3 Å². The van der Waals surface area contributed by atoms with Crippen LogP contribution in [0.3, 0.4) is 0 Å². The summed E-state index contributed by atoms with van der Waals surface area (Å²) in [6, 6.07) is 4.87. The van der Waals surface area contributed by atoms with Gasteiger partial charge >= 0.3 is 0 Å². The molecule has 1 aromatic heterocycles. The molecule has 0 aliphatic rings. The molecule has 2 aromatic rings. The van der Waals surface area contributed by atoms with Gasteiger partial charge in [-0.25, -0.2) is 5.43 Å². The molecule has 110 valence electrons. The molecule has 7 nitrogen and oxygen atoms in total. The number of aromatic hydroxyl groups is 1. The number of aromatic amines is 1. The number of rotatable bonds is 4. The fourth-order valence-corrected chi connectivity index (χ4v) is 2.06. The van der Waals surface area contributed by atoms with E-state index in [-0.39, 0.29) is 11.4 Å². The summed E-state index contributed by atoms with van der Waals surface area (Å²) in [6.07, 6.45) is 1.32. The third kappa shape index (κ3) is 3.60. The maximum atomic E-state index is 11.7. The number of nitrogens with one attached hydrogen (secondary N) is 2.